The molecule has 4 aromatic carbocycles. The van der Waals surface area contributed by atoms with E-state index in [4.69, 9.17) is 149 Å². The Labute approximate surface area is 285 Å². The van der Waals surface area contributed by atoms with Crippen molar-refractivity contribution >= 4 is 253 Å². The smallest absolute Gasteiger partial charge is 0.112 e. The van der Waals surface area contributed by atoms with E-state index >= 15 is 0 Å². The molecular weight excluding hydrogens is 506 g/mol. The first-order valence-electron chi connectivity index (χ1n) is 12.6. The van der Waals surface area contributed by atoms with Crippen LogP contribution in [0.2, 0.25) is 0 Å². The van der Waals surface area contributed by atoms with E-state index in [1.165, 1.54) is 6.07 Å². The summed E-state index contributed by atoms with van der Waals surface area (Å²) in [6, 6.07) is 1.31. The molecule has 0 saturated heterocycles. The fraction of sp³-hybridized carbons (Fsp3) is 0.0400. The highest BCUT2D eigenvalue weighted by Crippen LogP contribution is 2.38. The summed E-state index contributed by atoms with van der Waals surface area (Å²) in [4.78, 5) is 0. The molecule has 0 heterocycles. The lowest BCUT2D eigenvalue weighted by Crippen LogP contribution is -2.69. The summed E-state index contributed by atoms with van der Waals surface area (Å²) in [6.45, 7) is 0. The Bertz CT molecular complexity index is 1630. The summed E-state index contributed by atoms with van der Waals surface area (Å²) in [5.74, 6) is 0. The van der Waals surface area contributed by atoms with Gasteiger partial charge < -0.3 is 0 Å². The molecule has 0 bridgehead atoms. The summed E-state index contributed by atoms with van der Waals surface area (Å²) in [7, 11) is 123. The first kappa shape index (κ1) is 35.0. The van der Waals surface area contributed by atoms with Gasteiger partial charge in [-0.25, -0.2) is 0 Å². The van der Waals surface area contributed by atoms with Crippen LogP contribution in [-0.4, -0.2) is 149 Å². The molecule has 4 aromatic rings. The predicted molar refractivity (Wildman–Crippen MR) is 207 cm³/mol. The highest BCUT2D eigenvalue weighted by Gasteiger charge is 2.46. The predicted octanol–water partition coefficient (Wildman–Crippen LogP) is -16.8. The zero-order chi connectivity index (χ0) is 33.5. The third-order valence-corrected chi connectivity index (χ3v) is 8.07. The van der Waals surface area contributed by atoms with Crippen LogP contribution in [0.4, 0.5) is 0 Å². The summed E-state index contributed by atoms with van der Waals surface area (Å²) in [6.07, 6.45) is 0. The maximum Gasteiger partial charge on any atom is 0.113 e. The Morgan fingerprint density at radius 3 is 0.591 bits per heavy atom. The summed E-state index contributed by atoms with van der Waals surface area (Å²) in [5.41, 5.74) is -6.89. The zero-order valence-electron chi connectivity index (χ0n) is 23.5. The summed E-state index contributed by atoms with van der Waals surface area (Å²) in [5, 5.41) is 0. The maximum atomic E-state index is 6.72. The largest absolute Gasteiger partial charge is 0.113 e. The van der Waals surface area contributed by atoms with E-state index in [0.29, 0.717) is 0 Å². The van der Waals surface area contributed by atoms with Gasteiger partial charge in [0.25, 0.3) is 0 Å². The SMILES string of the molecule is [B]c1cc([B])c([B])c(C(c2c([B])c([B])c([B])c([B])c2[B])(c2c([B])c([B])c([B])c([B])c2[B])c2c([B])c([B])c([B])c([B])c2[B])c1[B]. The second kappa shape index (κ2) is 12.0. The monoisotopic (exact) mass is 510 g/mol. The van der Waals surface area contributed by atoms with Crippen molar-refractivity contribution < 1.29 is 0 Å². The molecule has 0 spiro atoms. The highest BCUT2D eigenvalue weighted by atomic mass is 14.5. The number of rotatable bonds is 4. The second-order valence-electron chi connectivity index (χ2n) is 10.3. The lowest BCUT2D eigenvalue weighted by molar-refractivity contribution is 0.792. The molecule has 44 heavy (non-hydrogen) atoms. The van der Waals surface area contributed by atoms with Crippen LogP contribution in [0.25, 0.3) is 0 Å². The zero-order valence-corrected chi connectivity index (χ0v) is 23.5. The lowest BCUT2D eigenvalue weighted by Gasteiger charge is -2.49. The maximum absolute atomic E-state index is 6.72. The molecule has 0 aliphatic rings. The average Bonchev–Trinajstić information content (AvgIpc) is 2.98. The van der Waals surface area contributed by atoms with Gasteiger partial charge in [0.05, 0.1) is 5.41 Å². The van der Waals surface area contributed by atoms with Crippen LogP contribution >= 0.6 is 0 Å². The molecule has 19 heteroatoms. The van der Waals surface area contributed by atoms with Gasteiger partial charge in [-0.05, 0) is 22.3 Å². The van der Waals surface area contributed by atoms with Crippen molar-refractivity contribution in [2.24, 2.45) is 0 Å². The molecule has 38 radical (unpaired) electrons. The van der Waals surface area contributed by atoms with Crippen molar-refractivity contribution in [3.8, 4) is 0 Å². The van der Waals surface area contributed by atoms with E-state index in [0.717, 1.165) is 0 Å². The summed E-state index contributed by atoms with van der Waals surface area (Å²) < 4.78 is 0. The van der Waals surface area contributed by atoms with Crippen LogP contribution in [0.1, 0.15) is 22.3 Å². The van der Waals surface area contributed by atoms with E-state index < -0.39 is 5.41 Å². The second-order valence-corrected chi connectivity index (χ2v) is 10.3. The third-order valence-electron chi connectivity index (χ3n) is 8.07. The number of hydrogen-bond donors (Lipinski definition) is 0. The van der Waals surface area contributed by atoms with Gasteiger partial charge in [0.15, 0.2) is 0 Å². The molecule has 0 saturated carbocycles. The first-order chi connectivity index (χ1) is 20.3. The molecule has 0 N–H and O–H groups in total. The Hall–Kier alpha value is -1.89. The van der Waals surface area contributed by atoms with Crippen LogP contribution in [0, 0.1) is 0 Å². The van der Waals surface area contributed by atoms with Crippen molar-refractivity contribution in [3.63, 3.8) is 0 Å². The Balaban J connectivity index is 2.68. The molecule has 0 atom stereocenters. The summed E-state index contributed by atoms with van der Waals surface area (Å²) >= 11 is 0. The molecule has 0 nitrogen and oxygen atoms in total. The Morgan fingerprint density at radius 2 is 0.386 bits per heavy atom. The van der Waals surface area contributed by atoms with Gasteiger partial charge >= 0.3 is 0 Å². The van der Waals surface area contributed by atoms with Crippen molar-refractivity contribution in [2.75, 3.05) is 0 Å². The third kappa shape index (κ3) is 4.71. The number of benzene rings is 4. The van der Waals surface area contributed by atoms with Crippen molar-refractivity contribution in [1.82, 2.24) is 0 Å². The van der Waals surface area contributed by atoms with Crippen LogP contribution in [0.5, 0.6) is 0 Å². The Kier molecular flexibility index (Phi) is 9.57. The first-order valence-corrected chi connectivity index (χ1v) is 12.6. The van der Waals surface area contributed by atoms with E-state index in [2.05, 4.69) is 0 Å². The number of hydrogen-bond acceptors (Lipinski definition) is 0. The molecule has 0 amide bonds. The molecule has 0 fully saturated rings. The Morgan fingerprint density at radius 1 is 0.227 bits per heavy atom. The molecule has 158 valence electrons. The minimum absolute atomic E-state index is 0.0633. The van der Waals surface area contributed by atoms with E-state index in [1.54, 1.807) is 0 Å². The van der Waals surface area contributed by atoms with Gasteiger partial charge in [-0.3, -0.25) is 0 Å². The van der Waals surface area contributed by atoms with E-state index in [9.17, 15) is 0 Å². The van der Waals surface area contributed by atoms with E-state index in [-0.39, 0.29) is 126 Å². The fourth-order valence-corrected chi connectivity index (χ4v) is 5.67. The van der Waals surface area contributed by atoms with Crippen LogP contribution < -0.4 is 104 Å². The highest BCUT2D eigenvalue weighted by molar-refractivity contribution is 6.71. The fourth-order valence-electron chi connectivity index (χ4n) is 5.67. The molecule has 4 rings (SSSR count). The molecule has 0 unspecified atom stereocenters. The molecule has 0 aromatic heterocycles. The van der Waals surface area contributed by atoms with E-state index in [1.807, 2.05) is 0 Å². The lowest BCUT2D eigenvalue weighted by atomic mass is 9.43. The van der Waals surface area contributed by atoms with Crippen molar-refractivity contribution in [1.29, 1.82) is 0 Å². The minimum Gasteiger partial charge on any atom is -0.112 e. The van der Waals surface area contributed by atoms with Gasteiger partial charge in [0.1, 0.15) is 149 Å². The molecular formula is C25HB19. The standard InChI is InChI=1S/C25HB19/c26-2-1-3(27)9(29)4(8(2)28)25(5-10(30)16(36)22(42)17(37)11(5)31,6-12(32)18(38)23(43)19(39)13(6)33)7-14(34)20(40)24(44)21(41)15(7)35/h1H. The van der Waals surface area contributed by atoms with Crippen molar-refractivity contribution in [3.05, 3.63) is 28.3 Å². The quantitative estimate of drug-likeness (QED) is 0.191. The van der Waals surface area contributed by atoms with Crippen LogP contribution in [0.3, 0.4) is 0 Å². The topological polar surface area (TPSA) is 0 Å². The van der Waals surface area contributed by atoms with Gasteiger partial charge in [0.2, 0.25) is 0 Å². The van der Waals surface area contributed by atoms with Gasteiger partial charge in [-0.1, -0.05) is 17.0 Å². The van der Waals surface area contributed by atoms with Gasteiger partial charge in [-0.15, -0.1) is 92.9 Å². The van der Waals surface area contributed by atoms with Gasteiger partial charge in [-0.2, -0.15) is 0 Å². The average molecular weight is 507 g/mol. The molecule has 0 aliphatic carbocycles. The minimum atomic E-state index is -2.31. The molecule has 0 aliphatic heterocycles. The van der Waals surface area contributed by atoms with Gasteiger partial charge in [0, 0.05) is 0 Å². The normalized spacial score (nSPS) is 11.5. The van der Waals surface area contributed by atoms with Crippen LogP contribution in [-0.2, 0) is 5.41 Å². The van der Waals surface area contributed by atoms with Crippen molar-refractivity contribution in [2.45, 2.75) is 5.41 Å². The van der Waals surface area contributed by atoms with Crippen LogP contribution in [0.15, 0.2) is 6.07 Å².